The van der Waals surface area contributed by atoms with Crippen LogP contribution in [0.15, 0.2) is 36.4 Å². The number of nitrogens with zero attached hydrogens (tertiary/aromatic N) is 3. The monoisotopic (exact) mass is 611 g/mol. The third-order valence-electron chi connectivity index (χ3n) is 7.14. The molecule has 216 valence electrons. The second-order valence-corrected chi connectivity index (χ2v) is 13.0. The first-order valence-electron chi connectivity index (χ1n) is 12.2. The maximum atomic E-state index is 14.1. The van der Waals surface area contributed by atoms with Crippen LogP contribution in [0, 0.1) is 5.82 Å². The first-order valence-corrected chi connectivity index (χ1v) is 14.8. The molecule has 1 aliphatic heterocycles. The van der Waals surface area contributed by atoms with Gasteiger partial charge in [-0.3, -0.25) is 4.79 Å². The molecule has 13 heteroatoms. The highest BCUT2D eigenvalue weighted by atomic mass is 35.5. The van der Waals surface area contributed by atoms with Gasteiger partial charge >= 0.3 is 6.18 Å². The average Bonchev–Trinajstić information content (AvgIpc) is 2.82. The fourth-order valence-corrected chi connectivity index (χ4v) is 6.39. The van der Waals surface area contributed by atoms with Crippen LogP contribution in [-0.2, 0) is 33.0 Å². The maximum Gasteiger partial charge on any atom is 0.419 e. The molecule has 0 spiro atoms. The fourth-order valence-electron chi connectivity index (χ4n) is 4.96. The number of piperazine rings is 1. The molecule has 2 atom stereocenters. The van der Waals surface area contributed by atoms with Crippen LogP contribution in [0.2, 0.25) is 10.0 Å². The third kappa shape index (κ3) is 7.43. The number of sulfonamides is 1. The molecule has 0 aromatic heterocycles. The van der Waals surface area contributed by atoms with E-state index in [2.05, 4.69) is 4.90 Å². The summed E-state index contributed by atoms with van der Waals surface area (Å²) in [6.45, 7) is 5.23. The molecule has 3 rings (SSSR count). The zero-order chi connectivity index (χ0) is 29.3. The lowest BCUT2D eigenvalue weighted by atomic mass is 9.77. The topological polar surface area (TPSA) is 60.9 Å². The first-order chi connectivity index (χ1) is 17.9. The lowest BCUT2D eigenvalue weighted by molar-refractivity contribution is -0.140. The number of benzene rings is 2. The van der Waals surface area contributed by atoms with Gasteiger partial charge in [0.1, 0.15) is 5.82 Å². The molecule has 1 aliphatic rings. The number of carbonyl (C=O) groups excluding carboxylic acids is 1. The Morgan fingerprint density at radius 2 is 1.77 bits per heavy atom. The van der Waals surface area contributed by atoms with Crippen molar-refractivity contribution >= 4 is 39.1 Å². The Kier molecular flexibility index (Phi) is 9.64. The number of hydrogen-bond acceptors (Lipinski definition) is 4. The number of alkyl halides is 3. The second-order valence-electron chi connectivity index (χ2n) is 10.2. The number of hydrogen-bond donors (Lipinski definition) is 0. The molecule has 6 nitrogen and oxygen atoms in total. The van der Waals surface area contributed by atoms with Crippen LogP contribution >= 0.6 is 23.2 Å². The van der Waals surface area contributed by atoms with Crippen molar-refractivity contribution < 1.29 is 30.8 Å². The Hall–Kier alpha value is -1.92. The smallest absolute Gasteiger partial charge is 0.341 e. The molecule has 2 aromatic rings. The van der Waals surface area contributed by atoms with Crippen LogP contribution in [0.4, 0.5) is 17.6 Å². The van der Waals surface area contributed by atoms with Gasteiger partial charge in [-0.25, -0.2) is 12.8 Å². The summed E-state index contributed by atoms with van der Waals surface area (Å²) in [6.07, 6.45) is -3.31. The van der Waals surface area contributed by atoms with E-state index in [1.54, 1.807) is 25.1 Å². The molecule has 0 aliphatic carbocycles. The standard InChI is InChI=1S/C26H31Cl2F4N3O3S/c1-17-15-34(11-12-35(17)39(4,37)38)10-9-25(2,19-6-8-21(27)22(28)14-19)24(36)33(3)16-18-5-7-20(23(29)13-18)26(30,31)32/h5-8,13-14,17H,9-12,15-16H2,1-4H3/t17-,25?/m1/s1. The van der Waals surface area contributed by atoms with Crippen molar-refractivity contribution in [2.75, 3.05) is 39.5 Å². The highest BCUT2D eigenvalue weighted by molar-refractivity contribution is 7.88. The van der Waals surface area contributed by atoms with Crippen molar-refractivity contribution in [2.45, 2.75) is 44.4 Å². The lowest BCUT2D eigenvalue weighted by Crippen LogP contribution is -2.54. The van der Waals surface area contributed by atoms with Gasteiger partial charge in [0, 0.05) is 39.3 Å². The number of halogens is 6. The SMILES string of the molecule is C[C@@H]1CN(CCC(C)(C(=O)N(C)Cc2ccc(C(F)(F)F)c(F)c2)c2ccc(Cl)c(Cl)c2)CCN1S(C)(=O)=O. The van der Waals surface area contributed by atoms with Gasteiger partial charge in [-0.15, -0.1) is 0 Å². The molecule has 39 heavy (non-hydrogen) atoms. The Morgan fingerprint density at radius 1 is 1.10 bits per heavy atom. The lowest BCUT2D eigenvalue weighted by Gasteiger charge is -2.40. The largest absolute Gasteiger partial charge is 0.419 e. The van der Waals surface area contributed by atoms with Gasteiger partial charge in [-0.1, -0.05) is 35.3 Å². The predicted octanol–water partition coefficient (Wildman–Crippen LogP) is 5.42. The van der Waals surface area contributed by atoms with E-state index in [-0.39, 0.29) is 29.1 Å². The van der Waals surface area contributed by atoms with Crippen LogP contribution in [0.25, 0.3) is 0 Å². The quantitative estimate of drug-likeness (QED) is 0.374. The number of amides is 1. The van der Waals surface area contributed by atoms with E-state index in [9.17, 15) is 30.8 Å². The van der Waals surface area contributed by atoms with E-state index in [1.807, 2.05) is 6.92 Å². The minimum absolute atomic E-state index is 0.116. The molecule has 0 bridgehead atoms. The zero-order valence-corrected chi connectivity index (χ0v) is 24.4. The van der Waals surface area contributed by atoms with E-state index in [0.29, 0.717) is 49.3 Å². The minimum Gasteiger partial charge on any atom is -0.341 e. The summed E-state index contributed by atoms with van der Waals surface area (Å²) >= 11 is 12.4. The molecule has 0 N–H and O–H groups in total. The molecule has 1 fully saturated rings. The minimum atomic E-state index is -4.82. The predicted molar refractivity (Wildman–Crippen MR) is 144 cm³/mol. The summed E-state index contributed by atoms with van der Waals surface area (Å²) in [5, 5.41) is 0.575. The Balaban J connectivity index is 1.83. The molecule has 1 saturated heterocycles. The van der Waals surface area contributed by atoms with Crippen molar-refractivity contribution in [1.29, 1.82) is 0 Å². The van der Waals surface area contributed by atoms with Gasteiger partial charge in [-0.05, 0) is 62.2 Å². The third-order valence-corrected chi connectivity index (χ3v) is 9.27. The molecule has 0 saturated carbocycles. The molecule has 1 unspecified atom stereocenters. The number of rotatable bonds is 8. The normalized spacial score (nSPS) is 19.1. The highest BCUT2D eigenvalue weighted by Gasteiger charge is 2.39. The second kappa shape index (κ2) is 11.9. The van der Waals surface area contributed by atoms with Crippen LogP contribution in [-0.4, -0.2) is 74.0 Å². The van der Waals surface area contributed by atoms with Gasteiger partial charge in [-0.2, -0.15) is 17.5 Å². The summed E-state index contributed by atoms with van der Waals surface area (Å²) in [5.41, 5.74) is -1.69. The van der Waals surface area contributed by atoms with Gasteiger partial charge < -0.3 is 9.80 Å². The van der Waals surface area contributed by atoms with Crippen molar-refractivity contribution in [1.82, 2.24) is 14.1 Å². The summed E-state index contributed by atoms with van der Waals surface area (Å²) < 4.78 is 78.5. The van der Waals surface area contributed by atoms with E-state index >= 15 is 0 Å². The summed E-state index contributed by atoms with van der Waals surface area (Å²) in [4.78, 5) is 17.3. The molecular formula is C26H31Cl2F4N3O3S. The van der Waals surface area contributed by atoms with Crippen LogP contribution in [0.3, 0.4) is 0 Å². The molecular weight excluding hydrogens is 581 g/mol. The first kappa shape index (κ1) is 31.6. The molecule has 2 aromatic carbocycles. The summed E-state index contributed by atoms with van der Waals surface area (Å²) in [5.74, 6) is -1.75. The Morgan fingerprint density at radius 3 is 2.31 bits per heavy atom. The highest BCUT2D eigenvalue weighted by Crippen LogP contribution is 2.36. The molecule has 0 radical (unpaired) electrons. The van der Waals surface area contributed by atoms with Crippen LogP contribution in [0.1, 0.15) is 37.0 Å². The van der Waals surface area contributed by atoms with Crippen molar-refractivity contribution in [3.8, 4) is 0 Å². The van der Waals surface area contributed by atoms with Gasteiger partial charge in [0.15, 0.2) is 0 Å². The van der Waals surface area contributed by atoms with Crippen molar-refractivity contribution in [2.24, 2.45) is 0 Å². The van der Waals surface area contributed by atoms with Gasteiger partial charge in [0.2, 0.25) is 15.9 Å². The van der Waals surface area contributed by atoms with Crippen LogP contribution < -0.4 is 0 Å². The molecule has 1 amide bonds. The average molecular weight is 613 g/mol. The Labute approximate surface area is 236 Å². The number of likely N-dealkylation sites (N-methyl/N-ethyl adjacent to an activating group) is 1. The summed E-state index contributed by atoms with van der Waals surface area (Å²) in [6, 6.07) is 7.25. The van der Waals surface area contributed by atoms with E-state index in [0.717, 1.165) is 12.1 Å². The fraction of sp³-hybridized carbons (Fsp3) is 0.500. The van der Waals surface area contributed by atoms with E-state index < -0.39 is 33.0 Å². The number of carbonyl (C=O) groups is 1. The van der Waals surface area contributed by atoms with Gasteiger partial charge in [0.25, 0.3) is 0 Å². The van der Waals surface area contributed by atoms with Crippen molar-refractivity contribution in [3.63, 3.8) is 0 Å². The van der Waals surface area contributed by atoms with Crippen molar-refractivity contribution in [3.05, 3.63) is 69.0 Å². The van der Waals surface area contributed by atoms with Gasteiger partial charge in [0.05, 0.1) is 27.3 Å². The van der Waals surface area contributed by atoms with E-state index in [4.69, 9.17) is 23.2 Å². The van der Waals surface area contributed by atoms with Crippen LogP contribution in [0.5, 0.6) is 0 Å². The maximum absolute atomic E-state index is 14.1. The van der Waals surface area contributed by atoms with E-state index in [1.165, 1.54) is 22.5 Å². The Bertz CT molecular complexity index is 1330. The summed E-state index contributed by atoms with van der Waals surface area (Å²) in [7, 11) is -1.83. The molecule has 1 heterocycles. The zero-order valence-electron chi connectivity index (χ0n) is 22.0.